The number of ether oxygens (including phenoxy) is 4. The topological polar surface area (TPSA) is 86.3 Å². The van der Waals surface area contributed by atoms with Gasteiger partial charge in [0.05, 0.1) is 34.5 Å². The lowest BCUT2D eigenvalue weighted by molar-refractivity contribution is -0.144. The summed E-state index contributed by atoms with van der Waals surface area (Å²) in [5.74, 6) is 1.69. The molecule has 2 amide bonds. The number of nitrogens with one attached hydrogen (secondary N) is 1. The molecule has 0 unspecified atom stereocenters. The van der Waals surface area contributed by atoms with Crippen molar-refractivity contribution >= 4 is 33.8 Å². The molecule has 0 aromatic heterocycles. The Hall–Kier alpha value is -3.98. The molecule has 2 atom stereocenters. The maximum absolute atomic E-state index is 14.0. The van der Waals surface area contributed by atoms with Crippen molar-refractivity contribution in [1.82, 2.24) is 10.2 Å². The minimum Gasteiger partial charge on any atom is -0.493 e. The lowest BCUT2D eigenvalue weighted by Crippen LogP contribution is -2.60. The maximum atomic E-state index is 14.0. The van der Waals surface area contributed by atoms with Gasteiger partial charge in [0, 0.05) is 10.9 Å². The third kappa shape index (κ3) is 4.47. The van der Waals surface area contributed by atoms with Gasteiger partial charge in [0.2, 0.25) is 5.91 Å². The molecule has 0 radical (unpaired) electrons. The molecular formula is C29H27BrN2O6. The van der Waals surface area contributed by atoms with E-state index in [9.17, 15) is 9.59 Å². The Morgan fingerprint density at radius 1 is 0.842 bits per heavy atom. The number of piperazine rings is 1. The average molecular weight is 579 g/mol. The van der Waals surface area contributed by atoms with E-state index in [1.807, 2.05) is 36.4 Å². The molecule has 2 aliphatic rings. The molecule has 196 valence electrons. The van der Waals surface area contributed by atoms with Gasteiger partial charge in [-0.3, -0.25) is 9.59 Å². The van der Waals surface area contributed by atoms with Crippen LogP contribution in [0.25, 0.3) is 6.08 Å². The SMILES string of the molecule is COc1ccc(/C=C2/NC(=O)[C@@H]3Cc4cc(OC)c(OC)cc4[C@@H](c4ccc(Br)cc4)N3C2=O)cc1OC. The van der Waals surface area contributed by atoms with Gasteiger partial charge in [0.25, 0.3) is 5.91 Å². The number of halogens is 1. The Labute approximate surface area is 229 Å². The van der Waals surface area contributed by atoms with Crippen LogP contribution in [0.3, 0.4) is 0 Å². The predicted molar refractivity (Wildman–Crippen MR) is 146 cm³/mol. The first kappa shape index (κ1) is 25.7. The quantitative estimate of drug-likeness (QED) is 0.433. The fourth-order valence-electron chi connectivity index (χ4n) is 5.08. The monoisotopic (exact) mass is 578 g/mol. The van der Waals surface area contributed by atoms with Crippen molar-refractivity contribution in [2.45, 2.75) is 18.5 Å². The summed E-state index contributed by atoms with van der Waals surface area (Å²) in [5, 5.41) is 2.84. The van der Waals surface area contributed by atoms with Crippen molar-refractivity contribution in [2.24, 2.45) is 0 Å². The Kier molecular flexibility index (Phi) is 7.03. The number of hydrogen-bond donors (Lipinski definition) is 1. The number of hydrogen-bond acceptors (Lipinski definition) is 6. The van der Waals surface area contributed by atoms with Crippen LogP contribution >= 0.6 is 15.9 Å². The van der Waals surface area contributed by atoms with Gasteiger partial charge in [-0.25, -0.2) is 0 Å². The first-order chi connectivity index (χ1) is 18.4. The second-order valence-electron chi connectivity index (χ2n) is 8.95. The molecule has 3 aromatic carbocycles. The number of fused-ring (bicyclic) bond motifs is 2. The maximum Gasteiger partial charge on any atom is 0.271 e. The third-order valence-corrected chi connectivity index (χ3v) is 7.43. The molecule has 0 bridgehead atoms. The Balaban J connectivity index is 1.64. The van der Waals surface area contributed by atoms with E-state index in [0.717, 1.165) is 21.2 Å². The highest BCUT2D eigenvalue weighted by Crippen LogP contribution is 2.44. The van der Waals surface area contributed by atoms with Gasteiger partial charge in [-0.2, -0.15) is 0 Å². The van der Waals surface area contributed by atoms with E-state index in [0.29, 0.717) is 35.0 Å². The molecule has 0 aliphatic carbocycles. The lowest BCUT2D eigenvalue weighted by Gasteiger charge is -2.45. The van der Waals surface area contributed by atoms with Gasteiger partial charge in [-0.1, -0.05) is 34.1 Å². The molecule has 1 saturated heterocycles. The molecule has 1 N–H and O–H groups in total. The van der Waals surface area contributed by atoms with Crippen LogP contribution in [-0.2, 0) is 16.0 Å². The normalized spacial score (nSPS) is 19.4. The molecule has 2 heterocycles. The van der Waals surface area contributed by atoms with E-state index in [2.05, 4.69) is 21.2 Å². The predicted octanol–water partition coefficient (Wildman–Crippen LogP) is 4.50. The standard InChI is InChI=1S/C29H27BrN2O6/c1-35-23-10-5-16(12-24(23)36-2)11-21-29(34)32-22(28(33)31-21)13-18-14-25(37-3)26(38-4)15-20(18)27(32)17-6-8-19(30)9-7-17/h5-12,14-15,22,27H,13H2,1-4H3,(H,31,33)/b21-11+/t22-,27+/m0/s1. The number of nitrogens with zero attached hydrogens (tertiary/aromatic N) is 1. The van der Waals surface area contributed by atoms with Gasteiger partial charge < -0.3 is 29.2 Å². The van der Waals surface area contributed by atoms with E-state index in [-0.39, 0.29) is 17.5 Å². The van der Waals surface area contributed by atoms with Crippen LogP contribution in [0.1, 0.15) is 28.3 Å². The van der Waals surface area contributed by atoms with Crippen LogP contribution < -0.4 is 24.3 Å². The Morgan fingerprint density at radius 3 is 2.13 bits per heavy atom. The molecule has 38 heavy (non-hydrogen) atoms. The smallest absolute Gasteiger partial charge is 0.271 e. The zero-order chi connectivity index (χ0) is 27.0. The Bertz CT molecular complexity index is 1440. The molecule has 3 aromatic rings. The number of methoxy groups -OCH3 is 4. The van der Waals surface area contributed by atoms with Gasteiger partial charge >= 0.3 is 0 Å². The molecule has 0 saturated carbocycles. The molecule has 1 fully saturated rings. The molecular weight excluding hydrogens is 552 g/mol. The van der Waals surface area contributed by atoms with Crippen molar-refractivity contribution in [2.75, 3.05) is 28.4 Å². The van der Waals surface area contributed by atoms with E-state index >= 15 is 0 Å². The zero-order valence-corrected chi connectivity index (χ0v) is 23.0. The van der Waals surface area contributed by atoms with Crippen molar-refractivity contribution in [3.05, 3.63) is 87.0 Å². The summed E-state index contributed by atoms with van der Waals surface area (Å²) in [6, 6.07) is 15.7. The van der Waals surface area contributed by atoms with E-state index in [1.54, 1.807) is 57.6 Å². The van der Waals surface area contributed by atoms with Crippen LogP contribution in [0.2, 0.25) is 0 Å². The zero-order valence-electron chi connectivity index (χ0n) is 21.4. The van der Waals surface area contributed by atoms with Crippen molar-refractivity contribution in [1.29, 1.82) is 0 Å². The summed E-state index contributed by atoms with van der Waals surface area (Å²) in [4.78, 5) is 29.2. The van der Waals surface area contributed by atoms with Crippen LogP contribution in [0, 0.1) is 0 Å². The van der Waals surface area contributed by atoms with Crippen molar-refractivity contribution in [3.63, 3.8) is 0 Å². The molecule has 2 aliphatic heterocycles. The summed E-state index contributed by atoms with van der Waals surface area (Å²) in [6.45, 7) is 0. The van der Waals surface area contributed by atoms with E-state index in [1.165, 1.54) is 0 Å². The fraction of sp³-hybridized carbons (Fsp3) is 0.241. The van der Waals surface area contributed by atoms with Crippen molar-refractivity contribution in [3.8, 4) is 23.0 Å². The highest BCUT2D eigenvalue weighted by Gasteiger charge is 2.46. The van der Waals surface area contributed by atoms with Gasteiger partial charge in [-0.15, -0.1) is 0 Å². The second kappa shape index (κ2) is 10.4. The first-order valence-electron chi connectivity index (χ1n) is 12.0. The number of rotatable bonds is 6. The summed E-state index contributed by atoms with van der Waals surface area (Å²) in [5.41, 5.74) is 3.56. The van der Waals surface area contributed by atoms with Gasteiger partial charge in [0.1, 0.15) is 11.7 Å². The number of benzene rings is 3. The number of carbonyl (C=O) groups excluding carboxylic acids is 2. The third-order valence-electron chi connectivity index (χ3n) is 6.90. The minimum atomic E-state index is -0.690. The van der Waals surface area contributed by atoms with Crippen LogP contribution in [-0.4, -0.2) is 51.2 Å². The van der Waals surface area contributed by atoms with Gasteiger partial charge in [0.15, 0.2) is 23.0 Å². The van der Waals surface area contributed by atoms with E-state index in [4.69, 9.17) is 18.9 Å². The van der Waals surface area contributed by atoms with Crippen LogP contribution in [0.15, 0.2) is 64.8 Å². The van der Waals surface area contributed by atoms with Crippen LogP contribution in [0.4, 0.5) is 0 Å². The molecule has 9 heteroatoms. The van der Waals surface area contributed by atoms with Crippen molar-refractivity contribution < 1.29 is 28.5 Å². The summed E-state index contributed by atoms with van der Waals surface area (Å²) in [7, 11) is 6.26. The number of carbonyl (C=O) groups is 2. The highest BCUT2D eigenvalue weighted by molar-refractivity contribution is 9.10. The number of amides is 2. The minimum absolute atomic E-state index is 0.185. The van der Waals surface area contributed by atoms with E-state index < -0.39 is 12.1 Å². The molecule has 5 rings (SSSR count). The summed E-state index contributed by atoms with van der Waals surface area (Å²) in [6.07, 6.45) is 2.01. The molecule has 8 nitrogen and oxygen atoms in total. The second-order valence-corrected chi connectivity index (χ2v) is 9.87. The Morgan fingerprint density at radius 2 is 1.47 bits per heavy atom. The van der Waals surface area contributed by atoms with Gasteiger partial charge in [-0.05, 0) is 64.7 Å². The summed E-state index contributed by atoms with van der Waals surface area (Å²) < 4.78 is 22.7. The first-order valence-corrected chi connectivity index (χ1v) is 12.7. The van der Waals surface area contributed by atoms with Crippen LogP contribution in [0.5, 0.6) is 23.0 Å². The molecule has 0 spiro atoms. The fourth-order valence-corrected chi connectivity index (χ4v) is 5.35. The lowest BCUT2D eigenvalue weighted by atomic mass is 9.82. The highest BCUT2D eigenvalue weighted by atomic mass is 79.9. The average Bonchev–Trinajstić information content (AvgIpc) is 2.94. The largest absolute Gasteiger partial charge is 0.493 e. The summed E-state index contributed by atoms with van der Waals surface area (Å²) >= 11 is 3.49.